The molecule has 6 nitrogen and oxygen atoms in total. The summed E-state index contributed by atoms with van der Waals surface area (Å²) in [5, 5.41) is 1.77. The van der Waals surface area contributed by atoms with Gasteiger partial charge < -0.3 is 9.64 Å². The van der Waals surface area contributed by atoms with E-state index in [2.05, 4.69) is 5.92 Å². The molecule has 0 spiro atoms. The van der Waals surface area contributed by atoms with Gasteiger partial charge in [-0.1, -0.05) is 12.0 Å². The van der Waals surface area contributed by atoms with E-state index in [1.165, 1.54) is 15.6 Å². The molecule has 2 fully saturated rings. The number of thiophene rings is 1. The van der Waals surface area contributed by atoms with E-state index in [0.717, 1.165) is 25.9 Å². The lowest BCUT2D eigenvalue weighted by molar-refractivity contribution is -0.138. The molecule has 0 aliphatic carbocycles. The fraction of sp³-hybridized carbons (Fsp3) is 0.632. The SMILES string of the molecule is C#CCOCC1CCN(C(=O)C2CCN(S(=O)(=O)c3cccs3)CC2)CC1. The Morgan fingerprint density at radius 2 is 1.93 bits per heavy atom. The number of carbonyl (C=O) groups is 1. The molecule has 0 bridgehead atoms. The number of amides is 1. The maximum Gasteiger partial charge on any atom is 0.252 e. The van der Waals surface area contributed by atoms with Crippen LogP contribution in [0.1, 0.15) is 25.7 Å². The zero-order chi connectivity index (χ0) is 19.3. The smallest absolute Gasteiger partial charge is 0.252 e. The van der Waals surface area contributed by atoms with E-state index in [4.69, 9.17) is 11.2 Å². The Kier molecular flexibility index (Phi) is 6.93. The minimum absolute atomic E-state index is 0.0750. The number of sulfonamides is 1. The number of carbonyl (C=O) groups excluding carboxylic acids is 1. The van der Waals surface area contributed by atoms with Gasteiger partial charge in [-0.15, -0.1) is 17.8 Å². The van der Waals surface area contributed by atoms with Gasteiger partial charge in [0.05, 0.1) is 6.61 Å². The number of rotatable bonds is 6. The molecular formula is C19H26N2O4S2. The predicted molar refractivity (Wildman–Crippen MR) is 105 cm³/mol. The van der Waals surface area contributed by atoms with Crippen LogP contribution in [0.3, 0.4) is 0 Å². The average molecular weight is 411 g/mol. The molecule has 8 heteroatoms. The number of hydrogen-bond acceptors (Lipinski definition) is 5. The lowest BCUT2D eigenvalue weighted by Crippen LogP contribution is -2.46. The Hall–Kier alpha value is -1.40. The Morgan fingerprint density at radius 1 is 1.22 bits per heavy atom. The van der Waals surface area contributed by atoms with Crippen molar-refractivity contribution in [3.8, 4) is 12.3 Å². The summed E-state index contributed by atoms with van der Waals surface area (Å²) in [6.45, 7) is 3.31. The lowest BCUT2D eigenvalue weighted by atomic mass is 9.93. The molecule has 1 amide bonds. The van der Waals surface area contributed by atoms with E-state index in [1.807, 2.05) is 4.90 Å². The maximum absolute atomic E-state index is 12.8. The highest BCUT2D eigenvalue weighted by Gasteiger charge is 2.35. The van der Waals surface area contributed by atoms with Gasteiger partial charge in [-0.2, -0.15) is 4.31 Å². The Balaban J connectivity index is 1.46. The molecule has 3 rings (SSSR count). The second-order valence-corrected chi connectivity index (χ2v) is 10.2. The quantitative estimate of drug-likeness (QED) is 0.532. The fourth-order valence-electron chi connectivity index (χ4n) is 3.74. The molecule has 1 aromatic heterocycles. The first-order valence-electron chi connectivity index (χ1n) is 9.36. The summed E-state index contributed by atoms with van der Waals surface area (Å²) >= 11 is 1.23. The maximum atomic E-state index is 12.8. The molecule has 0 aromatic carbocycles. The number of nitrogens with zero attached hydrogens (tertiary/aromatic N) is 2. The summed E-state index contributed by atoms with van der Waals surface area (Å²) in [6, 6.07) is 3.38. The Labute approximate surface area is 165 Å². The van der Waals surface area contributed by atoms with Crippen molar-refractivity contribution in [2.24, 2.45) is 11.8 Å². The van der Waals surface area contributed by atoms with Crippen molar-refractivity contribution in [3.63, 3.8) is 0 Å². The highest BCUT2D eigenvalue weighted by atomic mass is 32.2. The number of piperidine rings is 2. The third kappa shape index (κ3) is 4.91. The van der Waals surface area contributed by atoms with E-state index >= 15 is 0 Å². The minimum atomic E-state index is -3.41. The van der Waals surface area contributed by atoms with Gasteiger partial charge in [-0.3, -0.25) is 4.79 Å². The highest BCUT2D eigenvalue weighted by Crippen LogP contribution is 2.28. The molecule has 0 unspecified atom stereocenters. The van der Waals surface area contributed by atoms with Crippen LogP contribution in [0.2, 0.25) is 0 Å². The topological polar surface area (TPSA) is 66.9 Å². The van der Waals surface area contributed by atoms with Crippen molar-refractivity contribution in [1.82, 2.24) is 9.21 Å². The normalized spacial score (nSPS) is 20.5. The Bertz CT molecular complexity index is 754. The van der Waals surface area contributed by atoms with E-state index in [1.54, 1.807) is 17.5 Å². The van der Waals surface area contributed by atoms with Gasteiger partial charge in [0, 0.05) is 32.1 Å². The summed E-state index contributed by atoms with van der Waals surface area (Å²) < 4.78 is 32.5. The summed E-state index contributed by atoms with van der Waals surface area (Å²) in [4.78, 5) is 14.7. The van der Waals surface area contributed by atoms with Gasteiger partial charge in [0.1, 0.15) is 10.8 Å². The molecule has 27 heavy (non-hydrogen) atoms. The molecule has 2 saturated heterocycles. The van der Waals surface area contributed by atoms with E-state index < -0.39 is 10.0 Å². The van der Waals surface area contributed by atoms with Crippen molar-refractivity contribution in [3.05, 3.63) is 17.5 Å². The molecule has 0 radical (unpaired) electrons. The van der Waals surface area contributed by atoms with Crippen molar-refractivity contribution < 1.29 is 17.9 Å². The standard InChI is InChI=1S/C19H26N2O4S2/c1-2-13-25-15-16-5-9-20(10-6-16)19(22)17-7-11-21(12-8-17)27(23,24)18-4-3-14-26-18/h1,3-4,14,16-17H,5-13,15H2. The average Bonchev–Trinajstić information content (AvgIpc) is 3.24. The molecule has 3 heterocycles. The van der Waals surface area contributed by atoms with Gasteiger partial charge in [-0.25, -0.2) is 8.42 Å². The van der Waals surface area contributed by atoms with Crippen LogP contribution in [0.25, 0.3) is 0 Å². The van der Waals surface area contributed by atoms with Gasteiger partial charge >= 0.3 is 0 Å². The van der Waals surface area contributed by atoms with Crippen LogP contribution in [0, 0.1) is 24.2 Å². The first kappa shape index (κ1) is 20.3. The van der Waals surface area contributed by atoms with Gasteiger partial charge in [0.15, 0.2) is 0 Å². The van der Waals surface area contributed by atoms with Crippen LogP contribution in [-0.4, -0.2) is 62.9 Å². The summed E-state index contributed by atoms with van der Waals surface area (Å²) in [7, 11) is -3.41. The number of hydrogen-bond donors (Lipinski definition) is 0. The van der Waals surface area contributed by atoms with Crippen LogP contribution in [-0.2, 0) is 19.6 Å². The predicted octanol–water partition coefficient (Wildman–Crippen LogP) is 2.04. The summed E-state index contributed by atoms with van der Waals surface area (Å²) in [6.07, 6.45) is 8.23. The van der Waals surface area contributed by atoms with E-state index in [9.17, 15) is 13.2 Å². The third-order valence-corrected chi connectivity index (χ3v) is 8.63. The molecule has 148 valence electrons. The first-order chi connectivity index (χ1) is 13.0. The van der Waals surface area contributed by atoms with Gasteiger partial charge in [0.2, 0.25) is 5.91 Å². The summed E-state index contributed by atoms with van der Waals surface area (Å²) in [5.41, 5.74) is 0. The largest absolute Gasteiger partial charge is 0.369 e. The lowest BCUT2D eigenvalue weighted by Gasteiger charge is -2.36. The van der Waals surface area contributed by atoms with Crippen LogP contribution in [0.15, 0.2) is 21.7 Å². The van der Waals surface area contributed by atoms with Crippen molar-refractivity contribution >= 4 is 27.3 Å². The van der Waals surface area contributed by atoms with E-state index in [0.29, 0.717) is 49.3 Å². The number of terminal acetylenes is 1. The van der Waals surface area contributed by atoms with Crippen molar-refractivity contribution in [2.75, 3.05) is 39.4 Å². The van der Waals surface area contributed by atoms with Gasteiger partial charge in [0.25, 0.3) is 10.0 Å². The molecule has 0 atom stereocenters. The highest BCUT2D eigenvalue weighted by molar-refractivity contribution is 7.91. The minimum Gasteiger partial charge on any atom is -0.369 e. The second kappa shape index (κ2) is 9.20. The molecular weight excluding hydrogens is 384 g/mol. The molecule has 0 saturated carbocycles. The molecule has 2 aliphatic rings. The van der Waals surface area contributed by atoms with Gasteiger partial charge in [-0.05, 0) is 43.0 Å². The Morgan fingerprint density at radius 3 is 2.52 bits per heavy atom. The van der Waals surface area contributed by atoms with E-state index in [-0.39, 0.29) is 11.8 Å². The zero-order valence-corrected chi connectivity index (χ0v) is 17.0. The van der Waals surface area contributed by atoms with Crippen molar-refractivity contribution in [2.45, 2.75) is 29.9 Å². The number of ether oxygens (including phenoxy) is 1. The van der Waals surface area contributed by atoms with Crippen LogP contribution in [0.5, 0.6) is 0 Å². The monoisotopic (exact) mass is 410 g/mol. The fourth-order valence-corrected chi connectivity index (χ4v) is 6.36. The summed E-state index contributed by atoms with van der Waals surface area (Å²) in [5.74, 6) is 3.02. The molecule has 2 aliphatic heterocycles. The van der Waals surface area contributed by atoms with Crippen molar-refractivity contribution in [1.29, 1.82) is 0 Å². The third-order valence-electron chi connectivity index (χ3n) is 5.36. The van der Waals surface area contributed by atoms with Crippen LogP contribution in [0.4, 0.5) is 0 Å². The first-order valence-corrected chi connectivity index (χ1v) is 11.7. The second-order valence-electron chi connectivity index (χ2n) is 7.10. The molecule has 0 N–H and O–H groups in total. The van der Waals surface area contributed by atoms with Crippen LogP contribution >= 0.6 is 11.3 Å². The molecule has 1 aromatic rings. The van der Waals surface area contributed by atoms with Crippen LogP contribution < -0.4 is 0 Å². The zero-order valence-electron chi connectivity index (χ0n) is 15.4. The number of likely N-dealkylation sites (tertiary alicyclic amines) is 1.